The maximum absolute atomic E-state index is 12.8. The number of aliphatic carboxylic acids is 2. The molecule has 5 unspecified atom stereocenters. The highest BCUT2D eigenvalue weighted by Crippen LogP contribution is 2.11. The molecule has 0 aliphatic carbocycles. The molecule has 14 heteroatoms. The van der Waals surface area contributed by atoms with Crippen molar-refractivity contribution in [3.8, 4) is 5.75 Å². The quantitative estimate of drug-likeness (QED) is 0.129. The van der Waals surface area contributed by atoms with Gasteiger partial charge in [-0.3, -0.25) is 19.2 Å². The van der Waals surface area contributed by atoms with Gasteiger partial charge in [-0.2, -0.15) is 11.8 Å². The zero-order valence-electron chi connectivity index (χ0n) is 19.8. The smallest absolute Gasteiger partial charge is 0.326 e. The third-order valence-corrected chi connectivity index (χ3v) is 5.67. The topological polar surface area (TPSA) is 228 Å². The van der Waals surface area contributed by atoms with Crippen molar-refractivity contribution >= 4 is 41.4 Å². The van der Waals surface area contributed by atoms with Crippen LogP contribution in [0.25, 0.3) is 0 Å². The molecule has 0 saturated carbocycles. The highest BCUT2D eigenvalue weighted by Gasteiger charge is 2.33. The molecule has 36 heavy (non-hydrogen) atoms. The Hall–Kier alpha value is -3.36. The van der Waals surface area contributed by atoms with Crippen LogP contribution in [0.2, 0.25) is 0 Å². The van der Waals surface area contributed by atoms with Crippen molar-refractivity contribution in [2.45, 2.75) is 56.5 Å². The average Bonchev–Trinajstić information content (AvgIpc) is 2.79. The number of phenolic OH excluding ortho intramolecular Hbond substituents is 1. The Balaban J connectivity index is 2.91. The fourth-order valence-corrected chi connectivity index (χ4v) is 3.53. The molecule has 0 saturated heterocycles. The van der Waals surface area contributed by atoms with Crippen molar-refractivity contribution in [3.63, 3.8) is 0 Å². The van der Waals surface area contributed by atoms with Gasteiger partial charge in [0.15, 0.2) is 0 Å². The van der Waals surface area contributed by atoms with Crippen molar-refractivity contribution in [3.05, 3.63) is 29.8 Å². The molecule has 0 bridgehead atoms. The number of hydrogen-bond donors (Lipinski definition) is 8. The van der Waals surface area contributed by atoms with E-state index in [1.807, 2.05) is 0 Å². The maximum Gasteiger partial charge on any atom is 0.326 e. The number of carboxylic acids is 2. The van der Waals surface area contributed by atoms with Crippen LogP contribution < -0.4 is 21.7 Å². The van der Waals surface area contributed by atoms with Gasteiger partial charge in [-0.25, -0.2) is 4.79 Å². The second-order valence-corrected chi connectivity index (χ2v) is 9.03. The first-order chi connectivity index (χ1) is 16.8. The second-order valence-electron chi connectivity index (χ2n) is 8.04. The summed E-state index contributed by atoms with van der Waals surface area (Å²) in [4.78, 5) is 60.6. The molecule has 1 rings (SSSR count). The molecule has 0 heterocycles. The molecule has 1 aromatic carbocycles. The van der Waals surface area contributed by atoms with Gasteiger partial charge in [-0.05, 0) is 49.5 Å². The van der Waals surface area contributed by atoms with Crippen LogP contribution in [0, 0.1) is 0 Å². The van der Waals surface area contributed by atoms with E-state index in [9.17, 15) is 39.3 Å². The number of carbonyl (C=O) groups is 5. The summed E-state index contributed by atoms with van der Waals surface area (Å²) in [7, 11) is 0. The van der Waals surface area contributed by atoms with Gasteiger partial charge < -0.3 is 42.1 Å². The first-order valence-electron chi connectivity index (χ1n) is 10.9. The van der Waals surface area contributed by atoms with Crippen molar-refractivity contribution < 1.29 is 44.4 Å². The van der Waals surface area contributed by atoms with Crippen LogP contribution in [0.15, 0.2) is 24.3 Å². The summed E-state index contributed by atoms with van der Waals surface area (Å²) in [5.41, 5.74) is 6.51. The van der Waals surface area contributed by atoms with Crippen LogP contribution in [0.1, 0.15) is 25.3 Å². The van der Waals surface area contributed by atoms with Crippen LogP contribution >= 0.6 is 11.8 Å². The van der Waals surface area contributed by atoms with Crippen LogP contribution in [-0.4, -0.2) is 92.4 Å². The molecule has 200 valence electrons. The molecule has 0 fully saturated rings. The lowest BCUT2D eigenvalue weighted by Gasteiger charge is -2.26. The predicted octanol–water partition coefficient (Wildman–Crippen LogP) is -1.59. The Kier molecular flexibility index (Phi) is 12.7. The van der Waals surface area contributed by atoms with Crippen molar-refractivity contribution in [2.24, 2.45) is 5.73 Å². The van der Waals surface area contributed by atoms with Gasteiger partial charge in [0, 0.05) is 0 Å². The summed E-state index contributed by atoms with van der Waals surface area (Å²) < 4.78 is 0. The summed E-state index contributed by atoms with van der Waals surface area (Å²) in [6.45, 7) is 1.20. The number of aromatic hydroxyl groups is 1. The molecule has 3 amide bonds. The summed E-state index contributed by atoms with van der Waals surface area (Å²) in [6.07, 6.45) is -0.447. The number of carboxylic acid groups (broad SMARTS) is 2. The number of nitrogens with two attached hydrogens (primary N) is 1. The standard InChI is InChI=1S/C22H32N4O9S/c1-11(27)18(26-19(31)14(23)9-12-3-5-13(28)6-4-12)21(33)25-16(10-17(29)30)20(32)24-15(22(34)35)7-8-36-2/h3-6,11,14-16,18,27-28H,7-10,23H2,1-2H3,(H,24,32)(H,25,33)(H,26,31)(H,29,30)(H,34,35). The number of phenols is 1. The van der Waals surface area contributed by atoms with Crippen LogP contribution in [0.3, 0.4) is 0 Å². The summed E-state index contributed by atoms with van der Waals surface area (Å²) >= 11 is 1.35. The lowest BCUT2D eigenvalue weighted by molar-refractivity contribution is -0.144. The normalized spacial score (nSPS) is 15.0. The van der Waals surface area contributed by atoms with Crippen molar-refractivity contribution in [2.75, 3.05) is 12.0 Å². The zero-order valence-corrected chi connectivity index (χ0v) is 20.7. The molecule has 0 radical (unpaired) electrons. The lowest BCUT2D eigenvalue weighted by Crippen LogP contribution is -2.60. The number of nitrogens with one attached hydrogen (secondary N) is 3. The Morgan fingerprint density at radius 1 is 0.944 bits per heavy atom. The minimum absolute atomic E-state index is 0.0292. The van der Waals surface area contributed by atoms with E-state index < -0.39 is 66.4 Å². The van der Waals surface area contributed by atoms with Crippen molar-refractivity contribution in [1.82, 2.24) is 16.0 Å². The van der Waals surface area contributed by atoms with E-state index in [0.29, 0.717) is 11.3 Å². The van der Waals surface area contributed by atoms with Crippen LogP contribution in [0.4, 0.5) is 0 Å². The van der Waals surface area contributed by atoms with E-state index in [0.717, 1.165) is 0 Å². The molecule has 5 atom stereocenters. The second kappa shape index (κ2) is 14.9. The number of amides is 3. The third-order valence-electron chi connectivity index (χ3n) is 5.03. The van der Waals surface area contributed by atoms with E-state index in [2.05, 4.69) is 16.0 Å². The monoisotopic (exact) mass is 528 g/mol. The fourth-order valence-electron chi connectivity index (χ4n) is 3.05. The Bertz CT molecular complexity index is 927. The number of benzene rings is 1. The number of aliphatic hydroxyl groups excluding tert-OH is 1. The number of hydrogen-bond acceptors (Lipinski definition) is 9. The Morgan fingerprint density at radius 3 is 2.03 bits per heavy atom. The molecular formula is C22H32N4O9S. The van der Waals surface area contributed by atoms with Gasteiger partial charge in [-0.1, -0.05) is 12.1 Å². The molecule has 0 aliphatic heterocycles. The number of rotatable bonds is 15. The van der Waals surface area contributed by atoms with Gasteiger partial charge in [0.2, 0.25) is 17.7 Å². The van der Waals surface area contributed by atoms with Crippen LogP contribution in [0.5, 0.6) is 5.75 Å². The minimum Gasteiger partial charge on any atom is -0.508 e. The molecule has 13 nitrogen and oxygen atoms in total. The SMILES string of the molecule is CSCCC(NC(=O)C(CC(=O)O)NC(=O)C(NC(=O)C(N)Cc1ccc(O)cc1)C(C)O)C(=O)O. The van der Waals surface area contributed by atoms with Gasteiger partial charge in [0.1, 0.15) is 23.9 Å². The molecule has 9 N–H and O–H groups in total. The molecule has 0 spiro atoms. The fraction of sp³-hybridized carbons (Fsp3) is 0.500. The first-order valence-corrected chi connectivity index (χ1v) is 12.3. The highest BCUT2D eigenvalue weighted by atomic mass is 32.2. The Labute approximate surface area is 211 Å². The molecule has 1 aromatic rings. The number of carbonyl (C=O) groups excluding carboxylic acids is 3. The summed E-state index contributed by atoms with van der Waals surface area (Å²) in [5, 5.41) is 44.5. The van der Waals surface area contributed by atoms with Gasteiger partial charge >= 0.3 is 11.9 Å². The third kappa shape index (κ3) is 10.5. The number of aliphatic hydroxyl groups is 1. The zero-order chi connectivity index (χ0) is 27.4. The lowest BCUT2D eigenvalue weighted by atomic mass is 10.0. The Morgan fingerprint density at radius 2 is 1.53 bits per heavy atom. The maximum atomic E-state index is 12.8. The predicted molar refractivity (Wildman–Crippen MR) is 130 cm³/mol. The highest BCUT2D eigenvalue weighted by molar-refractivity contribution is 7.98. The van der Waals surface area contributed by atoms with E-state index in [-0.39, 0.29) is 18.6 Å². The molecule has 0 aromatic heterocycles. The van der Waals surface area contributed by atoms with Gasteiger partial charge in [-0.15, -0.1) is 0 Å². The van der Waals surface area contributed by atoms with Gasteiger partial charge in [0.25, 0.3) is 0 Å². The first kappa shape index (κ1) is 30.7. The molecular weight excluding hydrogens is 496 g/mol. The van der Waals surface area contributed by atoms with Crippen LogP contribution in [-0.2, 0) is 30.4 Å². The largest absolute Gasteiger partial charge is 0.508 e. The van der Waals surface area contributed by atoms with Crippen molar-refractivity contribution in [1.29, 1.82) is 0 Å². The summed E-state index contributed by atoms with van der Waals surface area (Å²) in [5.74, 6) is -5.23. The minimum atomic E-state index is -1.67. The van der Waals surface area contributed by atoms with E-state index in [1.165, 1.54) is 30.8 Å². The van der Waals surface area contributed by atoms with E-state index in [1.54, 1.807) is 18.4 Å². The number of thioether (sulfide) groups is 1. The average molecular weight is 529 g/mol. The van der Waals surface area contributed by atoms with E-state index >= 15 is 0 Å². The van der Waals surface area contributed by atoms with Gasteiger partial charge in [0.05, 0.1) is 18.6 Å². The van der Waals surface area contributed by atoms with E-state index in [4.69, 9.17) is 10.8 Å². The molecule has 0 aliphatic rings. The summed E-state index contributed by atoms with van der Waals surface area (Å²) in [6, 6.07) is 0.248.